The third-order valence-corrected chi connectivity index (χ3v) is 5.76. The molecule has 12 heteroatoms. The van der Waals surface area contributed by atoms with Crippen molar-refractivity contribution in [2.24, 2.45) is 0 Å². The lowest BCUT2D eigenvalue weighted by Gasteiger charge is -2.15. The fraction of sp³-hybridized carbons (Fsp3) is 0.667. The summed E-state index contributed by atoms with van der Waals surface area (Å²) in [6.45, 7) is 2.08. The van der Waals surface area contributed by atoms with Crippen molar-refractivity contribution in [2.75, 3.05) is 19.0 Å². The molecule has 0 spiro atoms. The van der Waals surface area contributed by atoms with Crippen LogP contribution in [0.3, 0.4) is 0 Å². The number of rotatable bonds is 7. The first-order valence-electron chi connectivity index (χ1n) is 8.63. The number of aromatic nitrogens is 5. The van der Waals surface area contributed by atoms with E-state index < -0.39 is 24.5 Å². The van der Waals surface area contributed by atoms with Gasteiger partial charge in [0.25, 0.3) is 0 Å². The van der Waals surface area contributed by atoms with Gasteiger partial charge in [-0.15, -0.1) is 5.10 Å². The molecule has 1 N–H and O–H groups in total. The molecule has 4 atom stereocenters. The number of halogens is 1. The largest absolute Gasteiger partial charge is 0.509 e. The fourth-order valence-electron chi connectivity index (χ4n) is 3.34. The van der Waals surface area contributed by atoms with Gasteiger partial charge >= 0.3 is 6.16 Å². The van der Waals surface area contributed by atoms with Gasteiger partial charge in [-0.2, -0.15) is 0 Å². The van der Waals surface area contributed by atoms with E-state index in [1.165, 1.54) is 11.8 Å². The van der Waals surface area contributed by atoms with Gasteiger partial charge in [0, 0.05) is 12.2 Å². The molecule has 0 radical (unpaired) electrons. The molecule has 0 bridgehead atoms. The van der Waals surface area contributed by atoms with E-state index in [0.29, 0.717) is 22.7 Å². The monoisotopic (exact) mass is 415 g/mol. The Hall–Kier alpha value is -1.69. The molecule has 146 valence electrons. The molecular formula is C15H18ClN5O5S. The number of carbonyl (C=O) groups is 1. The first-order chi connectivity index (χ1) is 13.1. The van der Waals surface area contributed by atoms with Crippen LogP contribution in [0.5, 0.6) is 0 Å². The number of fused-ring (bicyclic) bond motifs is 2. The second-order valence-corrected chi connectivity index (χ2v) is 7.62. The predicted octanol–water partition coefficient (Wildman–Crippen LogP) is 1.60. The van der Waals surface area contributed by atoms with Crippen molar-refractivity contribution in [3.63, 3.8) is 0 Å². The number of ether oxygens (including phenoxy) is 3. The van der Waals surface area contributed by atoms with Gasteiger partial charge in [0.15, 0.2) is 33.7 Å². The van der Waals surface area contributed by atoms with Crippen LogP contribution in [0, 0.1) is 0 Å². The van der Waals surface area contributed by atoms with E-state index in [4.69, 9.17) is 30.9 Å². The normalized spacial score (nSPS) is 27.0. The first kappa shape index (κ1) is 18.7. The van der Waals surface area contributed by atoms with Gasteiger partial charge < -0.3 is 19.3 Å². The summed E-state index contributed by atoms with van der Waals surface area (Å²) in [5, 5.41) is 18.1. The highest BCUT2D eigenvalue weighted by Gasteiger charge is 2.55. The zero-order chi connectivity index (χ0) is 19.0. The molecule has 2 fully saturated rings. The van der Waals surface area contributed by atoms with Crippen molar-refractivity contribution in [2.45, 2.75) is 49.3 Å². The van der Waals surface area contributed by atoms with Gasteiger partial charge in [0.05, 0.1) is 19.3 Å². The van der Waals surface area contributed by atoms with Gasteiger partial charge in [0.2, 0.25) is 0 Å². The zero-order valence-electron chi connectivity index (χ0n) is 14.4. The first-order valence-corrected chi connectivity index (χ1v) is 9.99. The molecule has 1 aliphatic heterocycles. The minimum absolute atomic E-state index is 0.125. The Morgan fingerprint density at radius 1 is 1.37 bits per heavy atom. The Labute approximate surface area is 163 Å². The van der Waals surface area contributed by atoms with Crippen molar-refractivity contribution in [3.05, 3.63) is 5.15 Å². The van der Waals surface area contributed by atoms with Crippen LogP contribution in [0.4, 0.5) is 4.79 Å². The van der Waals surface area contributed by atoms with E-state index in [1.807, 2.05) is 0 Å². The maximum Gasteiger partial charge on any atom is 0.509 e. The molecule has 1 aliphatic carbocycles. The summed E-state index contributed by atoms with van der Waals surface area (Å²) >= 11 is 7.75. The molecule has 0 aromatic carbocycles. The van der Waals surface area contributed by atoms with Crippen molar-refractivity contribution >= 4 is 40.7 Å². The lowest BCUT2D eigenvalue weighted by atomic mass is 10.2. The van der Waals surface area contributed by atoms with Crippen LogP contribution in [0.2, 0.25) is 5.15 Å². The molecule has 2 aromatic heterocycles. The highest BCUT2D eigenvalue weighted by atomic mass is 35.5. The molecule has 0 amide bonds. The maximum absolute atomic E-state index is 11.6. The van der Waals surface area contributed by atoms with Gasteiger partial charge in [0.1, 0.15) is 6.10 Å². The summed E-state index contributed by atoms with van der Waals surface area (Å²) in [5.74, 6) is 0.861. The smallest absolute Gasteiger partial charge is 0.425 e. The Kier molecular flexibility index (Phi) is 5.35. The minimum Gasteiger partial charge on any atom is -0.425 e. The number of nitrogens with zero attached hydrogens (tertiary/aromatic N) is 5. The van der Waals surface area contributed by atoms with E-state index >= 15 is 0 Å². The molecule has 1 saturated heterocycles. The third kappa shape index (κ3) is 3.44. The Balaban J connectivity index is 1.68. The van der Waals surface area contributed by atoms with Crippen molar-refractivity contribution in [1.29, 1.82) is 0 Å². The molecule has 2 aliphatic rings. The summed E-state index contributed by atoms with van der Waals surface area (Å²) in [5.41, 5.74) is 0.863. The summed E-state index contributed by atoms with van der Waals surface area (Å²) in [7, 11) is 0. The highest BCUT2D eigenvalue weighted by molar-refractivity contribution is 7.99. The summed E-state index contributed by atoms with van der Waals surface area (Å²) in [6.07, 6.45) is -0.857. The predicted molar refractivity (Wildman–Crippen MR) is 94.8 cm³/mol. The molecule has 27 heavy (non-hydrogen) atoms. The van der Waals surface area contributed by atoms with Crippen LogP contribution in [0.1, 0.15) is 25.8 Å². The van der Waals surface area contributed by atoms with Crippen LogP contribution in [0.15, 0.2) is 5.16 Å². The number of hydrogen-bond acceptors (Lipinski definition) is 10. The van der Waals surface area contributed by atoms with E-state index in [9.17, 15) is 4.79 Å². The van der Waals surface area contributed by atoms with Crippen LogP contribution >= 0.6 is 23.4 Å². The zero-order valence-corrected chi connectivity index (χ0v) is 16.0. The van der Waals surface area contributed by atoms with Gasteiger partial charge in [-0.3, -0.25) is 0 Å². The van der Waals surface area contributed by atoms with E-state index in [2.05, 4.69) is 27.2 Å². The third-order valence-electron chi connectivity index (χ3n) is 4.44. The molecule has 4 rings (SSSR count). The molecule has 3 heterocycles. The molecule has 1 saturated carbocycles. The average Bonchev–Trinajstić information content (AvgIpc) is 3.32. The quantitative estimate of drug-likeness (QED) is 0.309. The maximum atomic E-state index is 11.6. The Morgan fingerprint density at radius 3 is 2.96 bits per heavy atom. The SMILES string of the molecule is CCCSc1nc(Cl)c2nnn([C@@H]3C[C@H](OCCO)[C@H]4OC(=O)O[C@H]43)c2n1. The Bertz CT molecular complexity index is 851. The summed E-state index contributed by atoms with van der Waals surface area (Å²) < 4.78 is 17.8. The van der Waals surface area contributed by atoms with Gasteiger partial charge in [-0.05, 0) is 6.42 Å². The fourth-order valence-corrected chi connectivity index (χ4v) is 4.29. The summed E-state index contributed by atoms with van der Waals surface area (Å²) in [4.78, 5) is 20.4. The van der Waals surface area contributed by atoms with Crippen LogP contribution < -0.4 is 0 Å². The number of aliphatic hydroxyl groups is 1. The summed E-state index contributed by atoms with van der Waals surface area (Å²) in [6, 6.07) is -0.370. The second kappa shape index (κ2) is 7.74. The van der Waals surface area contributed by atoms with Crippen LogP contribution in [-0.2, 0) is 14.2 Å². The number of carbonyl (C=O) groups excluding carboxylic acids is 1. The number of aliphatic hydroxyl groups excluding tert-OH is 1. The molecular weight excluding hydrogens is 398 g/mol. The topological polar surface area (TPSA) is 121 Å². The number of thioether (sulfide) groups is 1. The van der Waals surface area contributed by atoms with Crippen LogP contribution in [0.25, 0.3) is 11.2 Å². The lowest BCUT2D eigenvalue weighted by molar-refractivity contribution is -0.0274. The van der Waals surface area contributed by atoms with E-state index in [-0.39, 0.29) is 24.4 Å². The van der Waals surface area contributed by atoms with Crippen molar-refractivity contribution in [1.82, 2.24) is 25.0 Å². The molecule has 0 unspecified atom stereocenters. The van der Waals surface area contributed by atoms with Gasteiger partial charge in [-0.1, -0.05) is 35.5 Å². The van der Waals surface area contributed by atoms with Gasteiger partial charge in [-0.25, -0.2) is 19.4 Å². The van der Waals surface area contributed by atoms with Crippen molar-refractivity contribution < 1.29 is 24.1 Å². The van der Waals surface area contributed by atoms with Crippen molar-refractivity contribution in [3.8, 4) is 0 Å². The number of hydrogen-bond donors (Lipinski definition) is 1. The van der Waals surface area contributed by atoms with Crippen LogP contribution in [-0.4, -0.2) is 73.5 Å². The lowest BCUT2D eigenvalue weighted by Crippen LogP contribution is -2.31. The molecule has 2 aromatic rings. The average molecular weight is 416 g/mol. The molecule has 10 nitrogen and oxygen atoms in total. The second-order valence-electron chi connectivity index (χ2n) is 6.20. The minimum atomic E-state index is -0.747. The highest BCUT2D eigenvalue weighted by Crippen LogP contribution is 2.41. The Morgan fingerprint density at radius 2 is 2.19 bits per heavy atom. The van der Waals surface area contributed by atoms with E-state index in [0.717, 1.165) is 12.2 Å². The van der Waals surface area contributed by atoms with E-state index in [1.54, 1.807) is 4.68 Å². The standard InChI is InChI=1S/C15H18ClN5O5S/c1-2-5-27-14-17-12(16)9-13(18-14)21(20-19-9)7-6-8(24-4-3-22)11-10(7)25-15(23)26-11/h7-8,10-11,22H,2-6H2,1H3/t7-,8+,10+,11-/m1/s1.